The molecule has 0 aromatic heterocycles. The predicted molar refractivity (Wildman–Crippen MR) is 70.7 cm³/mol. The molecule has 2 unspecified atom stereocenters. The maximum Gasteiger partial charge on any atom is 0.119 e. The van der Waals surface area contributed by atoms with Crippen molar-refractivity contribution in [2.75, 3.05) is 7.11 Å². The number of hydrogen-bond donors (Lipinski definition) is 2. The minimum absolute atomic E-state index is 0.466. The Morgan fingerprint density at radius 3 is 2.67 bits per heavy atom. The van der Waals surface area contributed by atoms with Crippen LogP contribution in [0.25, 0.3) is 0 Å². The molecule has 3 nitrogen and oxygen atoms in total. The molecule has 1 aromatic rings. The van der Waals surface area contributed by atoms with Gasteiger partial charge in [0.15, 0.2) is 0 Å². The van der Waals surface area contributed by atoms with Gasteiger partial charge in [-0.25, -0.2) is 0 Å². The second-order valence-electron chi connectivity index (χ2n) is 5.66. The van der Waals surface area contributed by atoms with E-state index in [1.165, 1.54) is 19.3 Å². The van der Waals surface area contributed by atoms with Gasteiger partial charge in [0.2, 0.25) is 0 Å². The first-order valence-corrected chi connectivity index (χ1v) is 6.82. The largest absolute Gasteiger partial charge is 0.497 e. The van der Waals surface area contributed by atoms with Crippen LogP contribution in [0.3, 0.4) is 0 Å². The molecular weight excluding hydrogens is 226 g/mol. The van der Waals surface area contributed by atoms with E-state index >= 15 is 0 Å². The summed E-state index contributed by atoms with van der Waals surface area (Å²) in [5, 5.41) is 14.6. The number of aliphatic hydroxyl groups is 1. The van der Waals surface area contributed by atoms with Gasteiger partial charge < -0.3 is 15.2 Å². The predicted octanol–water partition coefficient (Wildman–Crippen LogP) is 2.19. The van der Waals surface area contributed by atoms with Crippen molar-refractivity contribution in [2.24, 2.45) is 0 Å². The molecule has 98 valence electrons. The average Bonchev–Trinajstić information content (AvgIpc) is 2.38. The van der Waals surface area contributed by atoms with Gasteiger partial charge in [0.25, 0.3) is 0 Å². The van der Waals surface area contributed by atoms with E-state index in [0.29, 0.717) is 12.1 Å². The lowest BCUT2D eigenvalue weighted by atomic mass is 9.74. The Kier molecular flexibility index (Phi) is 3.04. The van der Waals surface area contributed by atoms with Crippen LogP contribution in [0.15, 0.2) is 24.3 Å². The lowest BCUT2D eigenvalue weighted by Crippen LogP contribution is -2.54. The summed E-state index contributed by atoms with van der Waals surface area (Å²) in [4.78, 5) is 0. The number of fused-ring (bicyclic) bond motifs is 2. The molecule has 2 aliphatic rings. The zero-order valence-electron chi connectivity index (χ0n) is 10.9. The summed E-state index contributed by atoms with van der Waals surface area (Å²) in [5.41, 5.74) is 0.315. The number of rotatable bonds is 2. The highest BCUT2D eigenvalue weighted by Gasteiger charge is 2.41. The van der Waals surface area contributed by atoms with E-state index in [1.807, 2.05) is 24.3 Å². The molecule has 2 atom stereocenters. The van der Waals surface area contributed by atoms with Crippen LogP contribution in [-0.4, -0.2) is 24.3 Å². The van der Waals surface area contributed by atoms with Crippen molar-refractivity contribution >= 4 is 0 Å². The Morgan fingerprint density at radius 1 is 1.28 bits per heavy atom. The molecule has 0 amide bonds. The van der Waals surface area contributed by atoms with Crippen molar-refractivity contribution in [3.8, 4) is 5.75 Å². The Labute approximate surface area is 108 Å². The first-order chi connectivity index (χ1) is 8.69. The van der Waals surface area contributed by atoms with E-state index in [2.05, 4.69) is 5.32 Å². The van der Waals surface area contributed by atoms with Gasteiger partial charge in [0.05, 0.1) is 12.7 Å². The van der Waals surface area contributed by atoms with Crippen molar-refractivity contribution < 1.29 is 9.84 Å². The van der Waals surface area contributed by atoms with E-state index in [9.17, 15) is 5.11 Å². The summed E-state index contributed by atoms with van der Waals surface area (Å²) in [6.07, 6.45) is 5.29. The molecule has 0 aliphatic carbocycles. The number of piperidine rings is 2. The quantitative estimate of drug-likeness (QED) is 0.841. The molecule has 2 fully saturated rings. The standard InChI is InChI=1S/C15H21NO2/c1-18-14-7-2-4-11(8-14)15(17)9-12-5-3-6-13(10-15)16-12/h2,4,7-8,12-13,16-17H,3,5-6,9-10H2,1H3. The fourth-order valence-corrected chi connectivity index (χ4v) is 3.48. The Balaban J connectivity index is 1.89. The van der Waals surface area contributed by atoms with Crippen molar-refractivity contribution in [1.82, 2.24) is 5.32 Å². The first kappa shape index (κ1) is 12.0. The van der Waals surface area contributed by atoms with Crippen LogP contribution in [0, 0.1) is 0 Å². The molecule has 0 spiro atoms. The van der Waals surface area contributed by atoms with Gasteiger partial charge in [-0.3, -0.25) is 0 Å². The van der Waals surface area contributed by atoms with Crippen molar-refractivity contribution in [3.63, 3.8) is 0 Å². The van der Waals surface area contributed by atoms with Gasteiger partial charge in [-0.15, -0.1) is 0 Å². The maximum absolute atomic E-state index is 11.0. The number of methoxy groups -OCH3 is 1. The topological polar surface area (TPSA) is 41.5 Å². The molecule has 2 bridgehead atoms. The Hall–Kier alpha value is -1.06. The molecule has 2 N–H and O–H groups in total. The molecule has 1 aromatic carbocycles. The first-order valence-electron chi connectivity index (χ1n) is 6.82. The van der Waals surface area contributed by atoms with Crippen LogP contribution >= 0.6 is 0 Å². The molecular formula is C15H21NO2. The fraction of sp³-hybridized carbons (Fsp3) is 0.600. The number of hydrogen-bond acceptors (Lipinski definition) is 3. The minimum atomic E-state index is -0.685. The Bertz CT molecular complexity index is 420. The highest BCUT2D eigenvalue weighted by molar-refractivity contribution is 5.33. The molecule has 3 heteroatoms. The SMILES string of the molecule is COc1cccc(C2(O)CC3CCCC(C2)N3)c1. The van der Waals surface area contributed by atoms with Gasteiger partial charge in [-0.05, 0) is 43.4 Å². The second-order valence-corrected chi connectivity index (χ2v) is 5.66. The lowest BCUT2D eigenvalue weighted by molar-refractivity contribution is -0.0360. The molecule has 0 radical (unpaired) electrons. The highest BCUT2D eigenvalue weighted by atomic mass is 16.5. The van der Waals surface area contributed by atoms with E-state index in [-0.39, 0.29) is 0 Å². The zero-order chi connectivity index (χ0) is 12.6. The Morgan fingerprint density at radius 2 is 2.00 bits per heavy atom. The third-order valence-corrected chi connectivity index (χ3v) is 4.35. The second kappa shape index (κ2) is 4.56. The number of benzene rings is 1. The van der Waals surface area contributed by atoms with Gasteiger partial charge in [-0.2, -0.15) is 0 Å². The number of nitrogens with one attached hydrogen (secondary N) is 1. The highest BCUT2D eigenvalue weighted by Crippen LogP contribution is 2.40. The third-order valence-electron chi connectivity index (χ3n) is 4.35. The van der Waals surface area contributed by atoms with Crippen LogP contribution in [0.1, 0.15) is 37.7 Å². The molecule has 18 heavy (non-hydrogen) atoms. The third kappa shape index (κ3) is 2.13. The van der Waals surface area contributed by atoms with Crippen LogP contribution in [0.4, 0.5) is 0 Å². The van der Waals surface area contributed by atoms with Crippen LogP contribution in [0.5, 0.6) is 5.75 Å². The van der Waals surface area contributed by atoms with E-state index in [4.69, 9.17) is 4.74 Å². The van der Waals surface area contributed by atoms with Crippen LogP contribution in [-0.2, 0) is 5.60 Å². The summed E-state index contributed by atoms with van der Waals surface area (Å²) < 4.78 is 5.26. The average molecular weight is 247 g/mol. The smallest absolute Gasteiger partial charge is 0.119 e. The van der Waals surface area contributed by atoms with Crippen LogP contribution in [0.2, 0.25) is 0 Å². The van der Waals surface area contributed by atoms with Crippen molar-refractivity contribution in [2.45, 2.75) is 49.8 Å². The van der Waals surface area contributed by atoms with Crippen LogP contribution < -0.4 is 10.1 Å². The lowest BCUT2D eigenvalue weighted by Gasteiger charge is -2.45. The monoisotopic (exact) mass is 247 g/mol. The maximum atomic E-state index is 11.0. The van der Waals surface area contributed by atoms with Crippen molar-refractivity contribution in [1.29, 1.82) is 0 Å². The summed E-state index contributed by atoms with van der Waals surface area (Å²) in [6.45, 7) is 0. The summed E-state index contributed by atoms with van der Waals surface area (Å²) >= 11 is 0. The number of ether oxygens (including phenoxy) is 1. The normalized spacial score (nSPS) is 35.2. The minimum Gasteiger partial charge on any atom is -0.497 e. The fourth-order valence-electron chi connectivity index (χ4n) is 3.48. The van der Waals surface area contributed by atoms with Gasteiger partial charge in [-0.1, -0.05) is 18.6 Å². The van der Waals surface area contributed by atoms with E-state index in [0.717, 1.165) is 24.2 Å². The molecule has 2 saturated heterocycles. The molecule has 2 aliphatic heterocycles. The molecule has 2 heterocycles. The molecule has 3 rings (SSSR count). The van der Waals surface area contributed by atoms with E-state index in [1.54, 1.807) is 7.11 Å². The summed E-state index contributed by atoms with van der Waals surface area (Å²) in [5.74, 6) is 0.824. The van der Waals surface area contributed by atoms with E-state index < -0.39 is 5.60 Å². The summed E-state index contributed by atoms with van der Waals surface area (Å²) in [7, 11) is 1.67. The van der Waals surface area contributed by atoms with Crippen molar-refractivity contribution in [3.05, 3.63) is 29.8 Å². The zero-order valence-corrected chi connectivity index (χ0v) is 10.9. The van der Waals surface area contributed by atoms with Gasteiger partial charge in [0.1, 0.15) is 5.75 Å². The summed E-state index contributed by atoms with van der Waals surface area (Å²) in [6, 6.07) is 8.81. The van der Waals surface area contributed by atoms with Gasteiger partial charge >= 0.3 is 0 Å². The molecule has 0 saturated carbocycles. The van der Waals surface area contributed by atoms with Gasteiger partial charge in [0, 0.05) is 12.1 Å².